The average Bonchev–Trinajstić information content (AvgIpc) is 3.40. The highest BCUT2D eigenvalue weighted by Crippen LogP contribution is 2.42. The molecule has 0 radical (unpaired) electrons. The monoisotopic (exact) mass is 532 g/mol. The van der Waals surface area contributed by atoms with Gasteiger partial charge in [0, 0.05) is 25.1 Å². The quantitative estimate of drug-likeness (QED) is 0.329. The second-order valence-corrected chi connectivity index (χ2v) is 11.0. The number of aromatic nitrogens is 1. The van der Waals surface area contributed by atoms with Crippen LogP contribution in [0.2, 0.25) is 0 Å². The molecular formula is C29H44N2O7. The normalized spacial score (nSPS) is 24.6. The molecule has 0 aromatic carbocycles. The van der Waals surface area contributed by atoms with E-state index in [4.69, 9.17) is 18.9 Å². The van der Waals surface area contributed by atoms with E-state index in [9.17, 15) is 14.4 Å². The Balaban J connectivity index is 1.77. The summed E-state index contributed by atoms with van der Waals surface area (Å²) < 4.78 is 21.7. The molecule has 1 amide bonds. The van der Waals surface area contributed by atoms with Crippen LogP contribution in [0.4, 0.5) is 0 Å². The fourth-order valence-corrected chi connectivity index (χ4v) is 6.04. The zero-order chi connectivity index (χ0) is 27.7. The van der Waals surface area contributed by atoms with Gasteiger partial charge in [-0.3, -0.25) is 9.59 Å². The van der Waals surface area contributed by atoms with Crippen molar-refractivity contribution in [3.05, 3.63) is 18.0 Å². The van der Waals surface area contributed by atoms with Gasteiger partial charge in [0.15, 0.2) is 17.2 Å². The van der Waals surface area contributed by atoms with E-state index in [0.717, 1.165) is 25.7 Å². The van der Waals surface area contributed by atoms with Crippen LogP contribution in [-0.4, -0.2) is 48.9 Å². The van der Waals surface area contributed by atoms with Crippen molar-refractivity contribution < 1.29 is 33.3 Å². The smallest absolute Gasteiger partial charge is 0.328 e. The number of nitrogens with one attached hydrogen (secondary N) is 1. The molecular weight excluding hydrogens is 488 g/mol. The van der Waals surface area contributed by atoms with Gasteiger partial charge in [0.05, 0.1) is 7.11 Å². The molecule has 9 heteroatoms. The van der Waals surface area contributed by atoms with Gasteiger partial charge in [-0.25, -0.2) is 9.78 Å². The molecule has 212 valence electrons. The lowest BCUT2D eigenvalue weighted by molar-refractivity contribution is -0.155. The van der Waals surface area contributed by atoms with Crippen LogP contribution in [-0.2, 0) is 19.1 Å². The van der Waals surface area contributed by atoms with E-state index in [-0.39, 0.29) is 23.3 Å². The highest BCUT2D eigenvalue weighted by Gasteiger charge is 2.39. The fourth-order valence-electron chi connectivity index (χ4n) is 6.04. The van der Waals surface area contributed by atoms with Crippen LogP contribution in [0.25, 0.3) is 0 Å². The third-order valence-corrected chi connectivity index (χ3v) is 7.87. The van der Waals surface area contributed by atoms with Crippen LogP contribution < -0.4 is 14.8 Å². The molecule has 2 fully saturated rings. The van der Waals surface area contributed by atoms with Gasteiger partial charge in [-0.05, 0) is 43.9 Å². The third kappa shape index (κ3) is 8.08. The molecule has 1 aromatic rings. The van der Waals surface area contributed by atoms with E-state index in [1.807, 2.05) is 6.92 Å². The molecule has 2 aliphatic rings. The van der Waals surface area contributed by atoms with Crippen LogP contribution in [0, 0.1) is 23.7 Å². The summed E-state index contributed by atoms with van der Waals surface area (Å²) in [6, 6.07) is 0.739. The van der Waals surface area contributed by atoms with Crippen molar-refractivity contribution in [2.75, 3.05) is 13.9 Å². The Morgan fingerprint density at radius 2 is 1.89 bits per heavy atom. The molecule has 1 aliphatic carbocycles. The lowest BCUT2D eigenvalue weighted by Crippen LogP contribution is -2.44. The highest BCUT2D eigenvalue weighted by atomic mass is 16.7. The first kappa shape index (κ1) is 29.7. The van der Waals surface area contributed by atoms with E-state index in [1.54, 1.807) is 0 Å². The maximum atomic E-state index is 13.3. The average molecular weight is 533 g/mol. The molecule has 1 N–H and O–H groups in total. The lowest BCUT2D eigenvalue weighted by atomic mass is 9.73. The number of amides is 1. The maximum absolute atomic E-state index is 13.3. The molecule has 38 heavy (non-hydrogen) atoms. The number of pyridine rings is 1. The summed E-state index contributed by atoms with van der Waals surface area (Å²) >= 11 is 0. The van der Waals surface area contributed by atoms with Crippen molar-refractivity contribution in [1.29, 1.82) is 0 Å². The van der Waals surface area contributed by atoms with Crippen molar-refractivity contribution in [1.82, 2.24) is 10.3 Å². The molecule has 0 spiro atoms. The Morgan fingerprint density at radius 1 is 1.16 bits per heavy atom. The van der Waals surface area contributed by atoms with E-state index in [1.165, 1.54) is 52.0 Å². The van der Waals surface area contributed by atoms with Gasteiger partial charge < -0.3 is 24.3 Å². The van der Waals surface area contributed by atoms with Gasteiger partial charge >= 0.3 is 11.9 Å². The number of carbonyl (C=O) groups is 3. The number of methoxy groups -OCH3 is 1. The number of rotatable bonds is 10. The predicted octanol–water partition coefficient (Wildman–Crippen LogP) is 5.06. The Labute approximate surface area is 226 Å². The molecule has 1 aromatic heterocycles. The summed E-state index contributed by atoms with van der Waals surface area (Å²) in [5, 5.41) is 2.82. The number of carbonyl (C=O) groups excluding carboxylic acids is 3. The van der Waals surface area contributed by atoms with Gasteiger partial charge in [-0.2, -0.15) is 0 Å². The zero-order valence-electron chi connectivity index (χ0n) is 23.5. The number of hydrogen-bond donors (Lipinski definition) is 1. The van der Waals surface area contributed by atoms with Gasteiger partial charge in [0.2, 0.25) is 6.79 Å². The van der Waals surface area contributed by atoms with E-state index in [2.05, 4.69) is 24.1 Å². The maximum Gasteiger partial charge on any atom is 0.328 e. The Hall–Kier alpha value is -2.84. The number of cyclic esters (lactones) is 1. The van der Waals surface area contributed by atoms with E-state index >= 15 is 0 Å². The minimum atomic E-state index is -0.799. The molecule has 0 bridgehead atoms. The first-order valence-corrected chi connectivity index (χ1v) is 14.0. The lowest BCUT2D eigenvalue weighted by Gasteiger charge is -2.36. The largest absolute Gasteiger partial charge is 0.493 e. The minimum Gasteiger partial charge on any atom is -0.493 e. The van der Waals surface area contributed by atoms with Crippen molar-refractivity contribution in [3.8, 4) is 11.5 Å². The van der Waals surface area contributed by atoms with Crippen molar-refractivity contribution in [2.24, 2.45) is 23.7 Å². The second-order valence-electron chi connectivity index (χ2n) is 11.0. The van der Waals surface area contributed by atoms with Crippen LogP contribution in [0.15, 0.2) is 12.3 Å². The van der Waals surface area contributed by atoms with Crippen molar-refractivity contribution in [3.63, 3.8) is 0 Å². The van der Waals surface area contributed by atoms with Gasteiger partial charge in [0.25, 0.3) is 5.91 Å². The molecule has 1 saturated carbocycles. The van der Waals surface area contributed by atoms with Crippen molar-refractivity contribution >= 4 is 17.8 Å². The van der Waals surface area contributed by atoms with Crippen LogP contribution >= 0.6 is 0 Å². The van der Waals surface area contributed by atoms with Crippen LogP contribution in [0.1, 0.15) is 96.0 Å². The summed E-state index contributed by atoms with van der Waals surface area (Å²) in [6.07, 6.45) is 10.7. The first-order valence-electron chi connectivity index (χ1n) is 14.0. The molecule has 1 aliphatic heterocycles. The molecule has 9 nitrogen and oxygen atoms in total. The summed E-state index contributed by atoms with van der Waals surface area (Å²) in [6.45, 7) is 7.39. The molecule has 1 saturated heterocycles. The number of esters is 2. The Kier molecular flexibility index (Phi) is 11.2. The fraction of sp³-hybridized carbons (Fsp3) is 0.724. The van der Waals surface area contributed by atoms with Gasteiger partial charge in [0.1, 0.15) is 12.1 Å². The minimum absolute atomic E-state index is 0.0357. The number of nitrogens with zero attached hydrogens (tertiary/aromatic N) is 1. The van der Waals surface area contributed by atoms with Crippen LogP contribution in [0.5, 0.6) is 11.5 Å². The number of hydrogen-bond acceptors (Lipinski definition) is 8. The summed E-state index contributed by atoms with van der Waals surface area (Å²) in [4.78, 5) is 41.9. The summed E-state index contributed by atoms with van der Waals surface area (Å²) in [5.41, 5.74) is -0.0594. The molecule has 0 unspecified atom stereocenters. The highest BCUT2D eigenvalue weighted by molar-refractivity contribution is 5.98. The van der Waals surface area contributed by atoms with Crippen molar-refractivity contribution in [2.45, 2.75) is 97.6 Å². The molecule has 4 atom stereocenters. The van der Waals surface area contributed by atoms with Gasteiger partial charge in [-0.15, -0.1) is 0 Å². The topological polar surface area (TPSA) is 113 Å². The zero-order valence-corrected chi connectivity index (χ0v) is 23.5. The third-order valence-electron chi connectivity index (χ3n) is 7.87. The summed E-state index contributed by atoms with van der Waals surface area (Å²) in [7, 11) is 1.43. The van der Waals surface area contributed by atoms with Gasteiger partial charge in [-0.1, -0.05) is 52.4 Å². The standard InChI is InChI=1S/C29H44N2O7/c1-18(2)13-14-22-11-8-12-23(29(34)38-19(3)25(22)21-9-6-7-10-21)31-28(33)26-27(37-17-36-20(4)32)24(35-5)15-16-30-26/h15-16,18-19,21-23,25H,6-14,17H2,1-5H3,(H,31,33)/t19-,22+,23-,25+/m0/s1. The Morgan fingerprint density at radius 3 is 2.55 bits per heavy atom. The number of ether oxygens (including phenoxy) is 4. The molecule has 3 rings (SSSR count). The Bertz CT molecular complexity index is 945. The van der Waals surface area contributed by atoms with E-state index < -0.39 is 30.7 Å². The van der Waals surface area contributed by atoms with E-state index in [0.29, 0.717) is 30.1 Å². The summed E-state index contributed by atoms with van der Waals surface area (Å²) in [5.74, 6) is 0.828. The second kappa shape index (κ2) is 14.4. The van der Waals surface area contributed by atoms with Crippen LogP contribution in [0.3, 0.4) is 0 Å². The SMILES string of the molecule is COc1ccnc(C(=O)N[C@H]2CCC[C@H](CCC(C)C)[C@@H](C3CCCC3)[C@H](C)OC2=O)c1OCOC(C)=O. The molecule has 2 heterocycles. The predicted molar refractivity (Wildman–Crippen MR) is 142 cm³/mol. The first-order chi connectivity index (χ1) is 18.2.